The van der Waals surface area contributed by atoms with Crippen LogP contribution in [-0.2, 0) is 13.5 Å². The molecule has 0 bridgehead atoms. The van der Waals surface area contributed by atoms with Crippen LogP contribution in [0.4, 0.5) is 9.18 Å². The molecule has 1 saturated heterocycles. The van der Waals surface area contributed by atoms with E-state index in [1.54, 1.807) is 18.2 Å². The maximum Gasteiger partial charge on any atom is 0.317 e. The van der Waals surface area contributed by atoms with Crippen molar-refractivity contribution in [1.29, 1.82) is 0 Å². The third kappa shape index (κ3) is 5.24. The van der Waals surface area contributed by atoms with Crippen molar-refractivity contribution in [3.05, 3.63) is 48.3 Å². The van der Waals surface area contributed by atoms with Crippen molar-refractivity contribution in [1.82, 2.24) is 19.8 Å². The number of piperidine rings is 1. The number of likely N-dealkylation sites (tertiary alicyclic amines) is 1. The third-order valence-electron chi connectivity index (χ3n) is 5.27. The summed E-state index contributed by atoms with van der Waals surface area (Å²) in [5, 5.41) is 2.95. The maximum atomic E-state index is 13.8. The van der Waals surface area contributed by atoms with Gasteiger partial charge in [-0.3, -0.25) is 0 Å². The molecule has 0 aliphatic carbocycles. The normalized spacial score (nSPS) is 18.0. The fraction of sp³-hybridized carbons (Fsp3) is 0.524. The number of amides is 2. The van der Waals surface area contributed by atoms with Gasteiger partial charge in [0.2, 0.25) is 0 Å². The molecule has 2 unspecified atom stereocenters. The van der Waals surface area contributed by atoms with Crippen LogP contribution in [0.3, 0.4) is 0 Å². The Morgan fingerprint density at radius 1 is 1.43 bits per heavy atom. The average molecular weight is 388 g/mol. The minimum absolute atomic E-state index is 0.0832. The molecule has 152 valence electrons. The Morgan fingerprint density at radius 2 is 2.25 bits per heavy atom. The standard InChI is InChI=1S/C21H29FN4O2/c1-3-17(28-19-9-5-4-8-18(19)22)14-24-21(27)26-11-6-7-16(15-26)13-20-23-10-12-25(20)2/h4-5,8-10,12,16-17H,3,6-7,11,13-15H2,1-2H3,(H,24,27). The second-order valence-corrected chi connectivity index (χ2v) is 7.38. The van der Waals surface area contributed by atoms with Gasteiger partial charge in [0.25, 0.3) is 0 Å². The molecule has 0 saturated carbocycles. The van der Waals surface area contributed by atoms with E-state index < -0.39 is 0 Å². The minimum Gasteiger partial charge on any atom is -0.486 e. The number of urea groups is 1. The molecule has 1 aliphatic rings. The summed E-state index contributed by atoms with van der Waals surface area (Å²) in [7, 11) is 2.00. The van der Waals surface area contributed by atoms with Gasteiger partial charge in [-0.2, -0.15) is 0 Å². The maximum absolute atomic E-state index is 13.8. The van der Waals surface area contributed by atoms with Crippen molar-refractivity contribution in [3.63, 3.8) is 0 Å². The Bertz CT molecular complexity index is 779. The first-order valence-corrected chi connectivity index (χ1v) is 9.97. The van der Waals surface area contributed by atoms with Gasteiger partial charge in [0.05, 0.1) is 6.54 Å². The number of para-hydroxylation sites is 1. The van der Waals surface area contributed by atoms with Crippen LogP contribution in [0.2, 0.25) is 0 Å². The lowest BCUT2D eigenvalue weighted by molar-refractivity contribution is 0.151. The van der Waals surface area contributed by atoms with Crippen LogP contribution in [-0.4, -0.2) is 46.2 Å². The molecule has 7 heteroatoms. The Balaban J connectivity index is 1.49. The molecule has 6 nitrogen and oxygen atoms in total. The van der Waals surface area contributed by atoms with Gasteiger partial charge in [0.1, 0.15) is 11.9 Å². The average Bonchev–Trinajstić information content (AvgIpc) is 3.11. The van der Waals surface area contributed by atoms with E-state index in [0.717, 1.165) is 38.2 Å². The number of nitrogens with one attached hydrogen (secondary N) is 1. The summed E-state index contributed by atoms with van der Waals surface area (Å²) in [5.74, 6) is 1.30. The Labute approximate surface area is 165 Å². The van der Waals surface area contributed by atoms with Crippen molar-refractivity contribution in [3.8, 4) is 5.75 Å². The van der Waals surface area contributed by atoms with Crippen molar-refractivity contribution >= 4 is 6.03 Å². The quantitative estimate of drug-likeness (QED) is 0.791. The van der Waals surface area contributed by atoms with E-state index in [2.05, 4.69) is 10.3 Å². The molecule has 2 amide bonds. The molecule has 0 spiro atoms. The number of aromatic nitrogens is 2. The first kappa shape index (κ1) is 20.2. The zero-order chi connectivity index (χ0) is 19.9. The van der Waals surface area contributed by atoms with Crippen LogP contribution in [0.15, 0.2) is 36.7 Å². The highest BCUT2D eigenvalue weighted by atomic mass is 19.1. The number of halogens is 1. The molecule has 1 aromatic carbocycles. The number of imidazole rings is 1. The number of rotatable bonds is 7. The molecule has 1 N–H and O–H groups in total. The predicted molar refractivity (Wildman–Crippen MR) is 106 cm³/mol. The monoisotopic (exact) mass is 388 g/mol. The van der Waals surface area contributed by atoms with E-state index in [-0.39, 0.29) is 23.7 Å². The zero-order valence-corrected chi connectivity index (χ0v) is 16.6. The molecular formula is C21H29FN4O2. The van der Waals surface area contributed by atoms with Gasteiger partial charge < -0.3 is 19.5 Å². The first-order chi connectivity index (χ1) is 13.6. The lowest BCUT2D eigenvalue weighted by Crippen LogP contribution is -2.48. The SMILES string of the molecule is CCC(CNC(=O)N1CCCC(Cc2nccn2C)C1)Oc1ccccc1F. The van der Waals surface area contributed by atoms with Gasteiger partial charge in [-0.05, 0) is 37.3 Å². The van der Waals surface area contributed by atoms with Crippen molar-refractivity contribution in [2.75, 3.05) is 19.6 Å². The summed E-state index contributed by atoms with van der Waals surface area (Å²) in [6.07, 6.45) is 7.13. The van der Waals surface area contributed by atoms with Gasteiger partial charge >= 0.3 is 6.03 Å². The number of hydrogen-bond acceptors (Lipinski definition) is 3. The molecule has 2 atom stereocenters. The van der Waals surface area contributed by atoms with Crippen molar-refractivity contribution in [2.45, 2.75) is 38.7 Å². The van der Waals surface area contributed by atoms with Crippen LogP contribution in [0.5, 0.6) is 5.75 Å². The lowest BCUT2D eigenvalue weighted by Gasteiger charge is -2.33. The van der Waals surface area contributed by atoms with Crippen LogP contribution in [0, 0.1) is 11.7 Å². The van der Waals surface area contributed by atoms with Gasteiger partial charge in [0, 0.05) is 39.0 Å². The predicted octanol–water partition coefficient (Wildman–Crippen LogP) is 3.38. The van der Waals surface area contributed by atoms with Crippen LogP contribution < -0.4 is 10.1 Å². The van der Waals surface area contributed by atoms with Crippen LogP contribution >= 0.6 is 0 Å². The molecule has 3 rings (SSSR count). The summed E-state index contributed by atoms with van der Waals surface area (Å²) in [6.45, 7) is 3.79. The van der Waals surface area contributed by atoms with Gasteiger partial charge in [0.15, 0.2) is 11.6 Å². The van der Waals surface area contributed by atoms with Gasteiger partial charge in [-0.25, -0.2) is 14.2 Å². The highest BCUT2D eigenvalue weighted by Crippen LogP contribution is 2.21. The summed E-state index contributed by atoms with van der Waals surface area (Å²) < 4.78 is 21.5. The summed E-state index contributed by atoms with van der Waals surface area (Å²) >= 11 is 0. The van der Waals surface area contributed by atoms with E-state index in [1.807, 2.05) is 35.8 Å². The zero-order valence-electron chi connectivity index (χ0n) is 16.6. The Kier molecular flexibility index (Phi) is 6.90. The molecule has 2 aromatic rings. The molecule has 1 fully saturated rings. The second-order valence-electron chi connectivity index (χ2n) is 7.38. The number of carbonyl (C=O) groups is 1. The van der Waals surface area contributed by atoms with E-state index in [1.165, 1.54) is 6.07 Å². The lowest BCUT2D eigenvalue weighted by atomic mass is 9.94. The second kappa shape index (κ2) is 9.57. The topological polar surface area (TPSA) is 59.4 Å². The largest absolute Gasteiger partial charge is 0.486 e. The summed E-state index contributed by atoms with van der Waals surface area (Å²) in [5.41, 5.74) is 0. The number of hydrogen-bond donors (Lipinski definition) is 1. The number of nitrogens with zero attached hydrogens (tertiary/aromatic N) is 3. The van der Waals surface area contributed by atoms with Gasteiger partial charge in [-0.1, -0.05) is 19.1 Å². The Morgan fingerprint density at radius 3 is 2.96 bits per heavy atom. The van der Waals surface area contributed by atoms with Crippen LogP contribution in [0.1, 0.15) is 32.0 Å². The number of carbonyl (C=O) groups excluding carboxylic acids is 1. The van der Waals surface area contributed by atoms with Crippen molar-refractivity contribution in [2.24, 2.45) is 13.0 Å². The highest BCUT2D eigenvalue weighted by molar-refractivity contribution is 5.74. The number of benzene rings is 1. The van der Waals surface area contributed by atoms with Gasteiger partial charge in [-0.15, -0.1) is 0 Å². The molecule has 1 aromatic heterocycles. The summed E-state index contributed by atoms with van der Waals surface area (Å²) in [6, 6.07) is 6.25. The fourth-order valence-electron chi connectivity index (χ4n) is 3.57. The highest BCUT2D eigenvalue weighted by Gasteiger charge is 2.25. The molecule has 0 radical (unpaired) electrons. The first-order valence-electron chi connectivity index (χ1n) is 9.97. The van der Waals surface area contributed by atoms with E-state index >= 15 is 0 Å². The molecular weight excluding hydrogens is 359 g/mol. The van der Waals surface area contributed by atoms with Crippen molar-refractivity contribution < 1.29 is 13.9 Å². The van der Waals surface area contributed by atoms with E-state index in [9.17, 15) is 9.18 Å². The van der Waals surface area contributed by atoms with Crippen LogP contribution in [0.25, 0.3) is 0 Å². The van der Waals surface area contributed by atoms with E-state index in [0.29, 0.717) is 18.9 Å². The molecule has 2 heterocycles. The number of ether oxygens (including phenoxy) is 1. The molecule has 28 heavy (non-hydrogen) atoms. The third-order valence-corrected chi connectivity index (χ3v) is 5.27. The minimum atomic E-state index is -0.388. The van der Waals surface area contributed by atoms with E-state index in [4.69, 9.17) is 4.74 Å². The number of aryl methyl sites for hydroxylation is 1. The summed E-state index contributed by atoms with van der Waals surface area (Å²) in [4.78, 5) is 18.9. The Hall–Kier alpha value is -2.57. The smallest absolute Gasteiger partial charge is 0.317 e. The fourth-order valence-corrected chi connectivity index (χ4v) is 3.57. The molecule has 1 aliphatic heterocycles.